The van der Waals surface area contributed by atoms with E-state index in [1.165, 1.54) is 4.31 Å². The summed E-state index contributed by atoms with van der Waals surface area (Å²) in [5.41, 5.74) is 3.32. The van der Waals surface area contributed by atoms with Crippen LogP contribution in [0.1, 0.15) is 24.0 Å². The molecule has 1 saturated heterocycles. The number of carbonyl (C=O) groups is 1. The summed E-state index contributed by atoms with van der Waals surface area (Å²) in [6, 6.07) is 27.8. The normalized spacial score (nSPS) is 16.4. The minimum Gasteiger partial charge on any atom is -0.351 e. The molecule has 166 valence electrons. The average molecular weight is 450 g/mol. The highest BCUT2D eigenvalue weighted by Crippen LogP contribution is 2.36. The zero-order chi connectivity index (χ0) is 22.6. The van der Waals surface area contributed by atoms with Gasteiger partial charge in [0.15, 0.2) is 0 Å². The second-order valence-corrected chi connectivity index (χ2v) is 9.69. The quantitative estimate of drug-likeness (QED) is 0.605. The van der Waals surface area contributed by atoms with Crippen molar-refractivity contribution in [3.05, 3.63) is 96.1 Å². The first-order valence-electron chi connectivity index (χ1n) is 10.6. The molecule has 4 rings (SSSR count). The van der Waals surface area contributed by atoms with Crippen LogP contribution in [0.5, 0.6) is 0 Å². The Labute approximate surface area is 189 Å². The van der Waals surface area contributed by atoms with Gasteiger partial charge in [-0.15, -0.1) is 0 Å². The molecule has 0 aliphatic carbocycles. The van der Waals surface area contributed by atoms with Crippen LogP contribution in [0.4, 0.5) is 0 Å². The molecule has 0 unspecified atom stereocenters. The van der Waals surface area contributed by atoms with Crippen molar-refractivity contribution < 1.29 is 13.2 Å². The van der Waals surface area contributed by atoms with E-state index in [1.54, 1.807) is 0 Å². The number of hydrogen-bond acceptors (Lipinski definition) is 3. The zero-order valence-electron chi connectivity index (χ0n) is 17.8. The molecular weight excluding hydrogens is 422 g/mol. The van der Waals surface area contributed by atoms with Crippen molar-refractivity contribution in [3.8, 4) is 11.1 Å². The topological polar surface area (TPSA) is 92.5 Å². The average Bonchev–Trinajstić information content (AvgIpc) is 2.83. The van der Waals surface area contributed by atoms with E-state index < -0.39 is 15.6 Å². The first kappa shape index (κ1) is 22.2. The number of nitrogens with zero attached hydrogens (tertiary/aromatic N) is 1. The van der Waals surface area contributed by atoms with Crippen LogP contribution >= 0.6 is 0 Å². The summed E-state index contributed by atoms with van der Waals surface area (Å²) in [7, 11) is -3.77. The molecule has 0 atom stereocenters. The van der Waals surface area contributed by atoms with E-state index in [0.717, 1.165) is 22.3 Å². The fraction of sp³-hybridized carbons (Fsp3) is 0.240. The van der Waals surface area contributed by atoms with Gasteiger partial charge in [-0.2, -0.15) is 12.7 Å². The molecule has 32 heavy (non-hydrogen) atoms. The molecule has 0 saturated carbocycles. The maximum absolute atomic E-state index is 13.5. The number of amides is 1. The molecule has 3 aromatic rings. The van der Waals surface area contributed by atoms with Crippen LogP contribution in [-0.2, 0) is 27.0 Å². The standard InChI is InChI=1S/C25H27N3O3S/c26-32(30,31)28-16-14-25(15-17-28,23-12-5-2-6-13-23)24(29)27-19-20-8-7-11-22(18-20)21-9-3-1-4-10-21/h1-13,18H,14-17,19H2,(H,27,29)(H2,26,30,31). The van der Waals surface area contributed by atoms with E-state index >= 15 is 0 Å². The number of nitrogens with one attached hydrogen (secondary N) is 1. The lowest BCUT2D eigenvalue weighted by Crippen LogP contribution is -2.53. The van der Waals surface area contributed by atoms with Gasteiger partial charge in [0.2, 0.25) is 5.91 Å². The van der Waals surface area contributed by atoms with Crippen LogP contribution in [0.3, 0.4) is 0 Å². The third-order valence-corrected chi connectivity index (χ3v) is 7.27. The monoisotopic (exact) mass is 449 g/mol. The Morgan fingerprint density at radius 3 is 2.09 bits per heavy atom. The maximum atomic E-state index is 13.5. The molecule has 0 radical (unpaired) electrons. The molecule has 0 bridgehead atoms. The van der Waals surface area contributed by atoms with Crippen molar-refractivity contribution in [2.45, 2.75) is 24.8 Å². The molecule has 1 aliphatic heterocycles. The minimum atomic E-state index is -3.77. The second kappa shape index (κ2) is 9.24. The molecular formula is C25H27N3O3S. The van der Waals surface area contributed by atoms with Crippen LogP contribution in [0.25, 0.3) is 11.1 Å². The summed E-state index contributed by atoms with van der Waals surface area (Å²) in [5, 5.41) is 8.41. The summed E-state index contributed by atoms with van der Waals surface area (Å²) in [6.07, 6.45) is 0.757. The van der Waals surface area contributed by atoms with Gasteiger partial charge in [-0.05, 0) is 41.2 Å². The smallest absolute Gasteiger partial charge is 0.276 e. The lowest BCUT2D eigenvalue weighted by Gasteiger charge is -2.40. The summed E-state index contributed by atoms with van der Waals surface area (Å²) < 4.78 is 24.8. The molecule has 1 heterocycles. The van der Waals surface area contributed by atoms with E-state index in [0.29, 0.717) is 19.4 Å². The molecule has 3 N–H and O–H groups in total. The second-order valence-electron chi connectivity index (χ2n) is 8.14. The van der Waals surface area contributed by atoms with Gasteiger partial charge in [0, 0.05) is 19.6 Å². The van der Waals surface area contributed by atoms with Crippen molar-refractivity contribution in [2.24, 2.45) is 5.14 Å². The molecule has 7 heteroatoms. The summed E-state index contributed by atoms with van der Waals surface area (Å²) in [4.78, 5) is 13.5. The zero-order valence-corrected chi connectivity index (χ0v) is 18.6. The van der Waals surface area contributed by atoms with Crippen LogP contribution in [0, 0.1) is 0 Å². The van der Waals surface area contributed by atoms with Crippen molar-refractivity contribution in [2.75, 3.05) is 13.1 Å². The number of rotatable bonds is 6. The lowest BCUT2D eigenvalue weighted by molar-refractivity contribution is -0.128. The molecule has 1 amide bonds. The van der Waals surface area contributed by atoms with Crippen LogP contribution in [0.2, 0.25) is 0 Å². The largest absolute Gasteiger partial charge is 0.351 e. The van der Waals surface area contributed by atoms with Crippen molar-refractivity contribution in [1.29, 1.82) is 0 Å². The first-order valence-corrected chi connectivity index (χ1v) is 12.1. The number of benzene rings is 3. The molecule has 1 aliphatic rings. The fourth-order valence-electron chi connectivity index (χ4n) is 4.37. The number of carbonyl (C=O) groups excluding carboxylic acids is 1. The number of hydrogen-bond donors (Lipinski definition) is 2. The predicted octanol–water partition coefficient (Wildman–Crippen LogP) is 3.21. The van der Waals surface area contributed by atoms with Gasteiger partial charge < -0.3 is 5.32 Å². The predicted molar refractivity (Wildman–Crippen MR) is 126 cm³/mol. The Morgan fingerprint density at radius 2 is 1.47 bits per heavy atom. The van der Waals surface area contributed by atoms with E-state index in [2.05, 4.69) is 29.6 Å². The number of nitrogens with two attached hydrogens (primary N) is 1. The van der Waals surface area contributed by atoms with Gasteiger partial charge in [0.05, 0.1) is 5.41 Å². The number of piperidine rings is 1. The molecule has 1 fully saturated rings. The Hall–Kier alpha value is -3.00. The highest BCUT2D eigenvalue weighted by atomic mass is 32.2. The van der Waals surface area contributed by atoms with Gasteiger partial charge >= 0.3 is 0 Å². The van der Waals surface area contributed by atoms with E-state index in [4.69, 9.17) is 5.14 Å². The van der Waals surface area contributed by atoms with Crippen molar-refractivity contribution in [3.63, 3.8) is 0 Å². The summed E-state index contributed by atoms with van der Waals surface area (Å²) >= 11 is 0. The van der Waals surface area contributed by atoms with E-state index in [-0.39, 0.29) is 19.0 Å². The van der Waals surface area contributed by atoms with Crippen LogP contribution in [-0.4, -0.2) is 31.7 Å². The maximum Gasteiger partial charge on any atom is 0.276 e. The summed E-state index contributed by atoms with van der Waals surface area (Å²) in [5.74, 6) is -0.0946. The van der Waals surface area contributed by atoms with Crippen LogP contribution in [0.15, 0.2) is 84.9 Å². The highest BCUT2D eigenvalue weighted by Gasteiger charge is 2.44. The lowest BCUT2D eigenvalue weighted by atomic mass is 9.72. The van der Waals surface area contributed by atoms with Gasteiger partial charge in [-0.25, -0.2) is 5.14 Å². The first-order chi connectivity index (χ1) is 15.4. The Kier molecular flexibility index (Phi) is 6.41. The van der Waals surface area contributed by atoms with Crippen LogP contribution < -0.4 is 10.5 Å². The molecule has 3 aromatic carbocycles. The third kappa shape index (κ3) is 4.75. The van der Waals surface area contributed by atoms with Gasteiger partial charge in [-0.1, -0.05) is 78.9 Å². The van der Waals surface area contributed by atoms with Gasteiger partial charge in [0.25, 0.3) is 10.2 Å². The van der Waals surface area contributed by atoms with Gasteiger partial charge in [-0.3, -0.25) is 4.79 Å². The van der Waals surface area contributed by atoms with Crippen molar-refractivity contribution in [1.82, 2.24) is 9.62 Å². The Bertz CT molecular complexity index is 1170. The van der Waals surface area contributed by atoms with E-state index in [1.807, 2.05) is 60.7 Å². The molecule has 0 spiro atoms. The minimum absolute atomic E-state index is 0.0946. The molecule has 0 aromatic heterocycles. The molecule has 6 nitrogen and oxygen atoms in total. The van der Waals surface area contributed by atoms with Gasteiger partial charge in [0.1, 0.15) is 0 Å². The Morgan fingerprint density at radius 1 is 0.875 bits per heavy atom. The fourth-order valence-corrected chi connectivity index (χ4v) is 5.06. The van der Waals surface area contributed by atoms with E-state index in [9.17, 15) is 13.2 Å². The van der Waals surface area contributed by atoms with Crippen molar-refractivity contribution >= 4 is 16.1 Å². The Balaban J connectivity index is 1.53. The third-order valence-electron chi connectivity index (χ3n) is 6.18. The SMILES string of the molecule is NS(=O)(=O)N1CCC(C(=O)NCc2cccc(-c3ccccc3)c2)(c2ccccc2)CC1. The summed E-state index contributed by atoms with van der Waals surface area (Å²) in [6.45, 7) is 0.822. The highest BCUT2D eigenvalue weighted by molar-refractivity contribution is 7.86.